The molecule has 0 aliphatic heterocycles. The van der Waals surface area contributed by atoms with Crippen molar-refractivity contribution >= 4 is 34.2 Å². The van der Waals surface area contributed by atoms with Crippen molar-refractivity contribution < 1.29 is 36.2 Å². The molecular formula is C37H34ClF6N7O2. The van der Waals surface area contributed by atoms with Gasteiger partial charge in [0.05, 0.1) is 27.7 Å². The van der Waals surface area contributed by atoms with Crippen molar-refractivity contribution in [3.05, 3.63) is 93.0 Å². The number of carbonyl (C=O) groups is 1. The van der Waals surface area contributed by atoms with Gasteiger partial charge >= 0.3 is 0 Å². The summed E-state index contributed by atoms with van der Waals surface area (Å²) < 4.78 is 90.1. The Balaban J connectivity index is 1.51. The number of aryl methyl sites for hydroxylation is 1. The number of hydrogen-bond acceptors (Lipinski definition) is 6. The second-order valence-corrected chi connectivity index (χ2v) is 13.9. The van der Waals surface area contributed by atoms with Crippen molar-refractivity contribution in [2.75, 3.05) is 5.73 Å². The van der Waals surface area contributed by atoms with E-state index in [1.54, 1.807) is 31.3 Å². The highest BCUT2D eigenvalue weighted by Gasteiger charge is 2.52. The molecule has 2 atom stereocenters. The fourth-order valence-corrected chi connectivity index (χ4v) is 7.04. The molecule has 0 saturated heterocycles. The van der Waals surface area contributed by atoms with Crippen molar-refractivity contribution in [1.29, 1.82) is 0 Å². The Bertz CT molecular complexity index is 2280. The molecule has 2 unspecified atom stereocenters. The van der Waals surface area contributed by atoms with Gasteiger partial charge in [0.2, 0.25) is 5.91 Å². The third-order valence-electron chi connectivity index (χ3n) is 9.06. The number of anilines is 1. The monoisotopic (exact) mass is 757 g/mol. The number of benzene rings is 2. The number of hydrogen-bond donors (Lipinski definition) is 3. The van der Waals surface area contributed by atoms with Gasteiger partial charge in [0, 0.05) is 35.7 Å². The van der Waals surface area contributed by atoms with Crippen LogP contribution >= 0.6 is 11.6 Å². The summed E-state index contributed by atoms with van der Waals surface area (Å²) >= 11 is 6.50. The van der Waals surface area contributed by atoms with E-state index in [4.69, 9.17) is 22.3 Å². The molecule has 1 amide bonds. The topological polar surface area (TPSA) is 124 Å². The zero-order valence-electron chi connectivity index (χ0n) is 28.9. The minimum absolute atomic E-state index is 0.00421. The molecule has 16 heteroatoms. The standard InChI is InChI=1S/C37H34ClF6N7O2/c1-5-19-15-25-31(34(41)42)48-51(33(25)37(19,43)44)17-28(52)47-27(14-18-12-20(39)16-21(40)13-18)30-23(7-6-22(46-30)10-11-36(2,3)53)24-8-9-26(38)29-32(24)50(4)49-35(29)45/h6-9,12-13,16,19,27,34,53H,5,14-15,17H2,1-4H3,(H2,45,49)(H,47,52). The number of nitrogens with two attached hydrogens (primary N) is 1. The Kier molecular flexibility index (Phi) is 9.99. The molecule has 3 aromatic heterocycles. The molecule has 278 valence electrons. The van der Waals surface area contributed by atoms with E-state index in [1.807, 2.05) is 0 Å². The number of alkyl halides is 4. The lowest BCUT2D eigenvalue weighted by Crippen LogP contribution is -2.35. The highest BCUT2D eigenvalue weighted by molar-refractivity contribution is 6.37. The molecule has 0 spiro atoms. The molecule has 0 radical (unpaired) electrons. The van der Waals surface area contributed by atoms with Crippen LogP contribution in [0.3, 0.4) is 0 Å². The summed E-state index contributed by atoms with van der Waals surface area (Å²) in [5, 5.41) is 21.8. The number of amides is 1. The van der Waals surface area contributed by atoms with E-state index >= 15 is 8.78 Å². The second kappa shape index (κ2) is 14.1. The van der Waals surface area contributed by atoms with Gasteiger partial charge in [-0.15, -0.1) is 0 Å². The summed E-state index contributed by atoms with van der Waals surface area (Å²) in [5.41, 5.74) is 4.60. The third-order valence-corrected chi connectivity index (χ3v) is 9.37. The molecule has 3 heterocycles. The normalized spacial score (nSPS) is 15.8. The molecular weight excluding hydrogens is 724 g/mol. The number of nitrogens with one attached hydrogen (secondary N) is 1. The van der Waals surface area contributed by atoms with Crippen molar-refractivity contribution in [1.82, 2.24) is 29.9 Å². The average Bonchev–Trinajstić information content (AvgIpc) is 3.67. The number of aromatic nitrogens is 5. The number of rotatable bonds is 9. The van der Waals surface area contributed by atoms with Crippen LogP contribution in [0.25, 0.3) is 22.0 Å². The number of halogens is 7. The summed E-state index contributed by atoms with van der Waals surface area (Å²) in [4.78, 5) is 18.6. The van der Waals surface area contributed by atoms with E-state index in [0.717, 1.165) is 12.1 Å². The molecule has 1 aliphatic rings. The van der Waals surface area contributed by atoms with Crippen molar-refractivity contribution in [3.63, 3.8) is 0 Å². The van der Waals surface area contributed by atoms with Crippen LogP contribution in [0.5, 0.6) is 0 Å². The van der Waals surface area contributed by atoms with E-state index in [1.165, 1.54) is 25.5 Å². The van der Waals surface area contributed by atoms with Gasteiger partial charge in [-0.3, -0.25) is 14.2 Å². The maximum Gasteiger partial charge on any atom is 0.292 e. The largest absolute Gasteiger partial charge is 0.382 e. The molecule has 0 fully saturated rings. The van der Waals surface area contributed by atoms with Crippen LogP contribution in [-0.2, 0) is 37.2 Å². The zero-order valence-corrected chi connectivity index (χ0v) is 29.7. The molecule has 6 rings (SSSR count). The predicted octanol–water partition coefficient (Wildman–Crippen LogP) is 7.18. The smallest absolute Gasteiger partial charge is 0.292 e. The summed E-state index contributed by atoms with van der Waals surface area (Å²) in [5.74, 6) is -1.92. The first-order chi connectivity index (χ1) is 24.9. The van der Waals surface area contributed by atoms with Crippen LogP contribution in [-0.4, -0.2) is 41.2 Å². The van der Waals surface area contributed by atoms with Gasteiger partial charge < -0.3 is 16.2 Å². The number of nitrogens with zero attached hydrogens (tertiary/aromatic N) is 5. The second-order valence-electron chi connectivity index (χ2n) is 13.5. The van der Waals surface area contributed by atoms with E-state index in [0.29, 0.717) is 37.8 Å². The van der Waals surface area contributed by atoms with Gasteiger partial charge in [-0.25, -0.2) is 22.5 Å². The molecule has 1 aliphatic carbocycles. The Labute approximate surface area is 305 Å². The van der Waals surface area contributed by atoms with Gasteiger partial charge in [0.25, 0.3) is 12.3 Å². The van der Waals surface area contributed by atoms with E-state index in [9.17, 15) is 27.5 Å². The number of aliphatic hydroxyl groups is 1. The van der Waals surface area contributed by atoms with Gasteiger partial charge in [0.1, 0.15) is 40.9 Å². The van der Waals surface area contributed by atoms with Crippen LogP contribution < -0.4 is 11.1 Å². The van der Waals surface area contributed by atoms with Crippen LogP contribution in [0, 0.1) is 29.4 Å². The summed E-state index contributed by atoms with van der Waals surface area (Å²) in [6.07, 6.45) is -3.76. The molecule has 4 N–H and O–H groups in total. The molecule has 0 saturated carbocycles. The van der Waals surface area contributed by atoms with Crippen LogP contribution in [0.4, 0.5) is 32.2 Å². The van der Waals surface area contributed by atoms with Crippen LogP contribution in [0.2, 0.25) is 5.02 Å². The van der Waals surface area contributed by atoms with Crippen LogP contribution in [0.1, 0.15) is 73.6 Å². The first-order valence-corrected chi connectivity index (χ1v) is 16.9. The first kappa shape index (κ1) is 37.7. The van der Waals surface area contributed by atoms with Crippen molar-refractivity contribution in [2.24, 2.45) is 13.0 Å². The SMILES string of the molecule is CCC1Cc2c(C(F)F)nn(CC(=O)NC(Cc3cc(F)cc(F)c3)c3nc(C#CC(C)(C)O)ccc3-c3ccc(Cl)c4c(N)nn(C)c34)c2C1(F)F. The number of pyridine rings is 1. The predicted molar refractivity (Wildman–Crippen MR) is 186 cm³/mol. The number of fused-ring (bicyclic) bond motifs is 2. The Hall–Kier alpha value is -5.07. The van der Waals surface area contributed by atoms with E-state index in [2.05, 4.69) is 27.4 Å². The summed E-state index contributed by atoms with van der Waals surface area (Å²) in [6.45, 7) is 3.57. The van der Waals surface area contributed by atoms with E-state index in [-0.39, 0.29) is 47.6 Å². The number of nitrogen functional groups attached to an aromatic ring is 1. The summed E-state index contributed by atoms with van der Waals surface area (Å²) in [6, 6.07) is 8.00. The Morgan fingerprint density at radius 3 is 2.43 bits per heavy atom. The lowest BCUT2D eigenvalue weighted by atomic mass is 9.93. The third kappa shape index (κ3) is 7.43. The quantitative estimate of drug-likeness (QED) is 0.108. The maximum atomic E-state index is 15.5. The van der Waals surface area contributed by atoms with Crippen molar-refractivity contribution in [2.45, 2.75) is 70.6 Å². The average molecular weight is 758 g/mol. The fraction of sp³-hybridized carbons (Fsp3) is 0.351. The molecule has 2 aromatic carbocycles. The van der Waals surface area contributed by atoms with Gasteiger partial charge in [0.15, 0.2) is 5.82 Å². The highest BCUT2D eigenvalue weighted by atomic mass is 35.5. The van der Waals surface area contributed by atoms with Gasteiger partial charge in [-0.2, -0.15) is 19.0 Å². The van der Waals surface area contributed by atoms with Crippen LogP contribution in [0.15, 0.2) is 42.5 Å². The van der Waals surface area contributed by atoms with Gasteiger partial charge in [-0.05, 0) is 74.9 Å². The lowest BCUT2D eigenvalue weighted by molar-refractivity contribution is -0.123. The molecule has 53 heavy (non-hydrogen) atoms. The Morgan fingerprint density at radius 1 is 1.11 bits per heavy atom. The van der Waals surface area contributed by atoms with Gasteiger partial charge in [-0.1, -0.05) is 30.5 Å². The highest BCUT2D eigenvalue weighted by Crippen LogP contribution is 2.50. The molecule has 0 bridgehead atoms. The molecule has 9 nitrogen and oxygen atoms in total. The first-order valence-electron chi connectivity index (χ1n) is 16.6. The minimum atomic E-state index is -3.53. The maximum absolute atomic E-state index is 15.5. The summed E-state index contributed by atoms with van der Waals surface area (Å²) in [7, 11) is 1.64. The lowest BCUT2D eigenvalue weighted by Gasteiger charge is -2.23. The zero-order chi connectivity index (χ0) is 38.6. The van der Waals surface area contributed by atoms with Crippen molar-refractivity contribution in [3.8, 4) is 23.0 Å². The fourth-order valence-electron chi connectivity index (χ4n) is 6.79. The Morgan fingerprint density at radius 2 is 1.79 bits per heavy atom. The van der Waals surface area contributed by atoms with E-state index < -0.39 is 65.4 Å². The molecule has 5 aromatic rings. The number of carbonyl (C=O) groups excluding carboxylic acids is 1. The minimum Gasteiger partial charge on any atom is -0.382 e.